The summed E-state index contributed by atoms with van der Waals surface area (Å²) >= 11 is 3.36. The Morgan fingerprint density at radius 2 is 1.95 bits per heavy atom. The average Bonchev–Trinajstić information content (AvgIpc) is 2.42. The lowest BCUT2D eigenvalue weighted by Gasteiger charge is -2.06. The molecular formula is C13H12BrN3O2. The zero-order valence-corrected chi connectivity index (χ0v) is 11.8. The Bertz CT molecular complexity index is 650. The van der Waals surface area contributed by atoms with Crippen LogP contribution in [0.1, 0.15) is 0 Å². The van der Waals surface area contributed by atoms with E-state index in [-0.39, 0.29) is 18.0 Å². The van der Waals surface area contributed by atoms with Gasteiger partial charge in [-0.3, -0.25) is 9.59 Å². The Labute approximate surface area is 118 Å². The highest BCUT2D eigenvalue weighted by Crippen LogP contribution is 2.18. The first-order valence-corrected chi connectivity index (χ1v) is 6.44. The summed E-state index contributed by atoms with van der Waals surface area (Å²) in [4.78, 5) is 22.9. The van der Waals surface area contributed by atoms with Gasteiger partial charge >= 0.3 is 0 Å². The molecule has 1 amide bonds. The lowest BCUT2D eigenvalue weighted by atomic mass is 10.1. The molecule has 2 aromatic rings. The second-order valence-electron chi connectivity index (χ2n) is 3.89. The Kier molecular flexibility index (Phi) is 4.11. The van der Waals surface area contributed by atoms with E-state index in [9.17, 15) is 9.59 Å². The summed E-state index contributed by atoms with van der Waals surface area (Å²) in [6.07, 6.45) is 0. The number of carbonyl (C=O) groups excluding carboxylic acids is 1. The Morgan fingerprint density at radius 1 is 1.26 bits per heavy atom. The van der Waals surface area contributed by atoms with Gasteiger partial charge in [0.05, 0.1) is 5.69 Å². The fraction of sp³-hybridized carbons (Fsp3) is 0.154. The number of nitrogens with zero attached hydrogens (tertiary/aromatic N) is 2. The predicted octanol–water partition coefficient (Wildman–Crippen LogP) is 1.42. The molecule has 0 saturated heterocycles. The second-order valence-corrected chi connectivity index (χ2v) is 4.81. The number of amides is 1. The van der Waals surface area contributed by atoms with Crippen LogP contribution in [0.4, 0.5) is 0 Å². The zero-order chi connectivity index (χ0) is 13.8. The van der Waals surface area contributed by atoms with Crippen LogP contribution in [0.5, 0.6) is 0 Å². The smallest absolute Gasteiger partial charge is 0.267 e. The van der Waals surface area contributed by atoms with Gasteiger partial charge in [-0.15, -0.1) is 0 Å². The minimum atomic E-state index is -0.301. The predicted molar refractivity (Wildman–Crippen MR) is 75.7 cm³/mol. The summed E-state index contributed by atoms with van der Waals surface area (Å²) in [5, 5.41) is 6.65. The molecule has 6 heteroatoms. The van der Waals surface area contributed by atoms with Crippen molar-refractivity contribution in [3.8, 4) is 11.3 Å². The van der Waals surface area contributed by atoms with Gasteiger partial charge in [0.15, 0.2) is 0 Å². The van der Waals surface area contributed by atoms with Crippen LogP contribution < -0.4 is 10.9 Å². The van der Waals surface area contributed by atoms with E-state index in [1.54, 1.807) is 6.07 Å². The summed E-state index contributed by atoms with van der Waals surface area (Å²) < 4.78 is 2.12. The van der Waals surface area contributed by atoms with Crippen molar-refractivity contribution in [2.75, 3.05) is 7.05 Å². The van der Waals surface area contributed by atoms with Crippen molar-refractivity contribution >= 4 is 21.8 Å². The number of nitrogens with one attached hydrogen (secondary N) is 1. The standard InChI is InChI=1S/C13H12BrN3O2/c1-15-12(18)8-17-13(19)7-6-11(16-17)9-2-4-10(14)5-3-9/h2-7H,8H2,1H3,(H,15,18). The number of carbonyl (C=O) groups is 1. The number of rotatable bonds is 3. The second kappa shape index (κ2) is 5.79. The van der Waals surface area contributed by atoms with Crippen LogP contribution in [0.2, 0.25) is 0 Å². The van der Waals surface area contributed by atoms with Gasteiger partial charge in [-0.2, -0.15) is 5.10 Å². The minimum absolute atomic E-state index is 0.0836. The van der Waals surface area contributed by atoms with Crippen molar-refractivity contribution in [1.29, 1.82) is 0 Å². The summed E-state index contributed by atoms with van der Waals surface area (Å²) in [5.41, 5.74) is 1.23. The van der Waals surface area contributed by atoms with Crippen LogP contribution in [-0.4, -0.2) is 22.7 Å². The number of hydrogen-bond donors (Lipinski definition) is 1. The maximum absolute atomic E-state index is 11.6. The molecule has 0 aliphatic rings. The molecule has 5 nitrogen and oxygen atoms in total. The van der Waals surface area contributed by atoms with E-state index in [0.717, 1.165) is 14.7 Å². The molecule has 1 aromatic carbocycles. The van der Waals surface area contributed by atoms with Crippen molar-refractivity contribution < 1.29 is 4.79 Å². The topological polar surface area (TPSA) is 64.0 Å². The number of benzene rings is 1. The summed E-state index contributed by atoms with van der Waals surface area (Å²) in [7, 11) is 1.52. The van der Waals surface area contributed by atoms with Crippen LogP contribution >= 0.6 is 15.9 Å². The van der Waals surface area contributed by atoms with Crippen molar-refractivity contribution in [2.45, 2.75) is 6.54 Å². The summed E-state index contributed by atoms with van der Waals surface area (Å²) in [5.74, 6) is -0.262. The quantitative estimate of drug-likeness (QED) is 0.929. The molecule has 0 spiro atoms. The third-order valence-electron chi connectivity index (χ3n) is 2.58. The van der Waals surface area contributed by atoms with E-state index in [0.29, 0.717) is 5.69 Å². The van der Waals surface area contributed by atoms with Crippen molar-refractivity contribution in [2.24, 2.45) is 0 Å². The molecule has 0 aliphatic carbocycles. The maximum Gasteiger partial charge on any atom is 0.267 e. The highest BCUT2D eigenvalue weighted by Gasteiger charge is 2.06. The molecule has 0 bridgehead atoms. The monoisotopic (exact) mass is 321 g/mol. The molecule has 0 atom stereocenters. The third kappa shape index (κ3) is 3.29. The van der Waals surface area contributed by atoms with E-state index >= 15 is 0 Å². The molecule has 1 aromatic heterocycles. The normalized spacial score (nSPS) is 10.2. The first-order chi connectivity index (χ1) is 9.10. The van der Waals surface area contributed by atoms with Gasteiger partial charge in [-0.1, -0.05) is 28.1 Å². The lowest BCUT2D eigenvalue weighted by Crippen LogP contribution is -2.31. The third-order valence-corrected chi connectivity index (χ3v) is 3.11. The molecule has 0 aliphatic heterocycles. The number of hydrogen-bond acceptors (Lipinski definition) is 3. The Balaban J connectivity index is 2.38. The van der Waals surface area contributed by atoms with Crippen LogP contribution in [-0.2, 0) is 11.3 Å². The minimum Gasteiger partial charge on any atom is -0.358 e. The summed E-state index contributed by atoms with van der Waals surface area (Å²) in [6, 6.07) is 10.6. The molecule has 19 heavy (non-hydrogen) atoms. The molecule has 0 saturated carbocycles. The van der Waals surface area contributed by atoms with E-state index < -0.39 is 0 Å². The van der Waals surface area contributed by atoms with Crippen LogP contribution in [0.3, 0.4) is 0 Å². The van der Waals surface area contributed by atoms with E-state index in [1.807, 2.05) is 24.3 Å². The highest BCUT2D eigenvalue weighted by atomic mass is 79.9. The largest absolute Gasteiger partial charge is 0.358 e. The van der Waals surface area contributed by atoms with E-state index in [2.05, 4.69) is 26.3 Å². The molecule has 2 rings (SSSR count). The molecular weight excluding hydrogens is 310 g/mol. The average molecular weight is 322 g/mol. The molecule has 1 N–H and O–H groups in total. The van der Waals surface area contributed by atoms with E-state index in [4.69, 9.17) is 0 Å². The number of aromatic nitrogens is 2. The molecule has 0 radical (unpaired) electrons. The molecule has 98 valence electrons. The van der Waals surface area contributed by atoms with Crippen LogP contribution in [0.15, 0.2) is 45.7 Å². The molecule has 1 heterocycles. The number of halogens is 1. The lowest BCUT2D eigenvalue weighted by molar-refractivity contribution is -0.121. The summed E-state index contributed by atoms with van der Waals surface area (Å²) in [6.45, 7) is -0.0836. The molecule has 0 fully saturated rings. The van der Waals surface area contributed by atoms with Gasteiger partial charge in [0, 0.05) is 23.2 Å². The van der Waals surface area contributed by atoms with Crippen molar-refractivity contribution in [3.63, 3.8) is 0 Å². The van der Waals surface area contributed by atoms with Crippen molar-refractivity contribution in [3.05, 3.63) is 51.2 Å². The van der Waals surface area contributed by atoms with Crippen LogP contribution in [0, 0.1) is 0 Å². The van der Waals surface area contributed by atoms with Crippen LogP contribution in [0.25, 0.3) is 11.3 Å². The van der Waals surface area contributed by atoms with Gasteiger partial charge < -0.3 is 5.32 Å². The SMILES string of the molecule is CNC(=O)Cn1nc(-c2ccc(Br)cc2)ccc1=O. The van der Waals surface area contributed by atoms with E-state index in [1.165, 1.54) is 13.1 Å². The highest BCUT2D eigenvalue weighted by molar-refractivity contribution is 9.10. The fourth-order valence-corrected chi connectivity index (χ4v) is 1.82. The fourth-order valence-electron chi connectivity index (χ4n) is 1.55. The first-order valence-electron chi connectivity index (χ1n) is 5.65. The van der Waals surface area contributed by atoms with Gasteiger partial charge in [0.1, 0.15) is 6.54 Å². The number of likely N-dealkylation sites (N-methyl/N-ethyl adjacent to an activating group) is 1. The Morgan fingerprint density at radius 3 is 2.58 bits per heavy atom. The zero-order valence-electron chi connectivity index (χ0n) is 10.3. The van der Waals surface area contributed by atoms with Gasteiger partial charge in [-0.25, -0.2) is 4.68 Å². The van der Waals surface area contributed by atoms with Gasteiger partial charge in [0.25, 0.3) is 5.56 Å². The molecule has 0 unspecified atom stereocenters. The maximum atomic E-state index is 11.6. The first kappa shape index (κ1) is 13.5. The van der Waals surface area contributed by atoms with Gasteiger partial charge in [-0.05, 0) is 18.2 Å². The Hall–Kier alpha value is -1.95. The van der Waals surface area contributed by atoms with Crippen molar-refractivity contribution in [1.82, 2.24) is 15.1 Å². The van der Waals surface area contributed by atoms with Gasteiger partial charge in [0.2, 0.25) is 5.91 Å².